The van der Waals surface area contributed by atoms with Gasteiger partial charge in [0.1, 0.15) is 12.3 Å². The zero-order chi connectivity index (χ0) is 24.2. The van der Waals surface area contributed by atoms with E-state index in [0.717, 1.165) is 17.0 Å². The van der Waals surface area contributed by atoms with Crippen LogP contribution in [0.3, 0.4) is 0 Å². The van der Waals surface area contributed by atoms with Gasteiger partial charge in [0.05, 0.1) is 25.2 Å². The summed E-state index contributed by atoms with van der Waals surface area (Å²) < 4.78 is 12.4. The Hall–Kier alpha value is -3.64. The molecule has 3 aromatic carbocycles. The zero-order valence-electron chi connectivity index (χ0n) is 18.8. The first kappa shape index (κ1) is 25.6. The van der Waals surface area contributed by atoms with E-state index in [1.54, 1.807) is 44.4 Å². The quantitative estimate of drug-likeness (QED) is 0.297. The van der Waals surface area contributed by atoms with Gasteiger partial charge in [-0.05, 0) is 55.8 Å². The molecule has 0 spiro atoms. The van der Waals surface area contributed by atoms with Crippen molar-refractivity contribution in [3.63, 3.8) is 0 Å². The highest BCUT2D eigenvalue weighted by molar-refractivity contribution is 6.41. The zero-order valence-corrected chi connectivity index (χ0v) is 19.5. The summed E-state index contributed by atoms with van der Waals surface area (Å²) in [4.78, 5) is 22.7. The van der Waals surface area contributed by atoms with Crippen LogP contribution >= 0.6 is 11.6 Å². The molecular weight excluding hydrogens is 442 g/mol. The molecule has 6 nitrogen and oxygen atoms in total. The molecule has 0 bridgehead atoms. The first-order chi connectivity index (χ1) is 15.9. The molecule has 7 heteroatoms. The third-order valence-corrected chi connectivity index (χ3v) is 4.82. The van der Waals surface area contributed by atoms with Crippen LogP contribution < -0.4 is 9.84 Å². The van der Waals surface area contributed by atoms with Crippen molar-refractivity contribution < 1.29 is 28.7 Å². The number of rotatable bonds is 7. The predicted octanol–water partition coefficient (Wildman–Crippen LogP) is 4.12. The van der Waals surface area contributed by atoms with E-state index in [0.29, 0.717) is 23.9 Å². The predicted molar refractivity (Wildman–Crippen MR) is 126 cm³/mol. The minimum absolute atomic E-state index is 0.220. The smallest absolute Gasteiger partial charge is 0.404 e. The van der Waals surface area contributed by atoms with Crippen LogP contribution in [0, 0.1) is 0 Å². The van der Waals surface area contributed by atoms with Crippen LogP contribution in [0.2, 0.25) is 5.02 Å². The number of nitrogens with zero attached hydrogens (tertiary/aromatic N) is 1. The van der Waals surface area contributed by atoms with Gasteiger partial charge in [-0.15, -0.1) is 0 Å². The SMILES string of the molecule is CCOC(=O)C(c1ccc(Cl)cc1)=[N+](CC)c1ccc(OC)cc1.O=C([O-])c1ccccc1. The molecule has 0 fully saturated rings. The van der Waals surface area contributed by atoms with Crippen LogP contribution in [0.25, 0.3) is 0 Å². The van der Waals surface area contributed by atoms with Gasteiger partial charge in [-0.1, -0.05) is 41.9 Å². The number of carbonyl (C=O) groups excluding carboxylic acids is 2. The first-order valence-corrected chi connectivity index (χ1v) is 10.8. The highest BCUT2D eigenvalue weighted by atomic mass is 35.5. The van der Waals surface area contributed by atoms with Gasteiger partial charge in [0, 0.05) is 17.2 Å². The molecule has 0 aromatic heterocycles. The molecule has 0 radical (unpaired) electrons. The Bertz CT molecular complexity index is 1080. The van der Waals surface area contributed by atoms with Crippen molar-refractivity contribution in [2.75, 3.05) is 20.3 Å². The topological polar surface area (TPSA) is 78.7 Å². The number of carboxylic acids is 1. The number of benzene rings is 3. The molecule has 3 aromatic rings. The molecule has 0 saturated carbocycles. The number of carboxylic acid groups (broad SMARTS) is 1. The number of carbonyl (C=O) groups is 2. The summed E-state index contributed by atoms with van der Waals surface area (Å²) in [5.74, 6) is -0.730. The van der Waals surface area contributed by atoms with Crippen LogP contribution in [0.15, 0.2) is 78.9 Å². The maximum atomic E-state index is 12.6. The van der Waals surface area contributed by atoms with Crippen molar-refractivity contribution in [2.24, 2.45) is 0 Å². The normalized spacial score (nSPS) is 10.9. The molecule has 0 aliphatic carbocycles. The Kier molecular flexibility index (Phi) is 10.1. The van der Waals surface area contributed by atoms with Crippen LogP contribution in [-0.2, 0) is 9.53 Å². The van der Waals surface area contributed by atoms with Gasteiger partial charge >= 0.3 is 5.97 Å². The van der Waals surface area contributed by atoms with Crippen molar-refractivity contribution in [2.45, 2.75) is 13.8 Å². The summed E-state index contributed by atoms with van der Waals surface area (Å²) >= 11 is 5.97. The lowest BCUT2D eigenvalue weighted by Crippen LogP contribution is -2.28. The second-order valence-electron chi connectivity index (χ2n) is 6.67. The minimum Gasteiger partial charge on any atom is -0.545 e. The van der Waals surface area contributed by atoms with Gasteiger partial charge in [0.2, 0.25) is 5.69 Å². The maximum Gasteiger partial charge on any atom is 0.404 e. The van der Waals surface area contributed by atoms with Crippen molar-refractivity contribution in [3.8, 4) is 5.75 Å². The monoisotopic (exact) mass is 467 g/mol. The Labute approximate surface area is 198 Å². The van der Waals surface area contributed by atoms with Crippen molar-refractivity contribution >= 4 is 34.9 Å². The van der Waals surface area contributed by atoms with E-state index >= 15 is 0 Å². The Morgan fingerprint density at radius 1 is 0.879 bits per heavy atom. The van der Waals surface area contributed by atoms with Crippen LogP contribution in [-0.4, -0.2) is 42.5 Å². The maximum absolute atomic E-state index is 12.6. The van der Waals surface area contributed by atoms with Crippen molar-refractivity contribution in [1.82, 2.24) is 0 Å². The van der Waals surface area contributed by atoms with Gasteiger partial charge in [-0.25, -0.2) is 4.79 Å². The highest BCUT2D eigenvalue weighted by Crippen LogP contribution is 2.20. The molecule has 172 valence electrons. The fourth-order valence-corrected chi connectivity index (χ4v) is 3.12. The molecule has 0 aliphatic heterocycles. The molecule has 33 heavy (non-hydrogen) atoms. The summed E-state index contributed by atoms with van der Waals surface area (Å²) in [6.45, 7) is 4.71. The van der Waals surface area contributed by atoms with E-state index in [1.165, 1.54) is 12.1 Å². The molecular formula is C26H26ClNO5. The van der Waals surface area contributed by atoms with Crippen LogP contribution in [0.1, 0.15) is 29.8 Å². The van der Waals surface area contributed by atoms with Gasteiger partial charge in [-0.2, -0.15) is 4.58 Å². The molecule has 3 rings (SSSR count). The summed E-state index contributed by atoms with van der Waals surface area (Å²) in [5, 5.41) is 10.7. The van der Waals surface area contributed by atoms with Gasteiger partial charge in [-0.3, -0.25) is 0 Å². The molecule has 0 saturated heterocycles. The fraction of sp³-hybridized carbons (Fsp3) is 0.192. The lowest BCUT2D eigenvalue weighted by molar-refractivity contribution is -0.435. The standard InChI is InChI=1S/C19H21ClNO3.C7H6O2/c1-4-21(16-10-12-17(23-3)13-11-16)18(19(22)24-5-2)14-6-8-15(20)9-7-14;8-7(9)6-4-2-1-3-5-6/h6-13H,4-5H2,1-3H3;1-5H,(H,8,9)/q+1;/p-1. The van der Waals surface area contributed by atoms with E-state index in [2.05, 4.69) is 0 Å². The van der Waals surface area contributed by atoms with Crippen LogP contribution in [0.5, 0.6) is 5.75 Å². The third-order valence-electron chi connectivity index (χ3n) is 4.57. The summed E-state index contributed by atoms with van der Waals surface area (Å²) in [7, 11) is 1.62. The van der Waals surface area contributed by atoms with E-state index in [1.807, 2.05) is 47.9 Å². The fourth-order valence-electron chi connectivity index (χ4n) is 3.00. The average Bonchev–Trinajstić information content (AvgIpc) is 2.84. The van der Waals surface area contributed by atoms with E-state index in [4.69, 9.17) is 21.1 Å². The number of esters is 1. The Balaban J connectivity index is 0.000000357. The molecule has 0 aliphatic rings. The summed E-state index contributed by atoms with van der Waals surface area (Å²) in [5.41, 5.74) is 2.35. The first-order valence-electron chi connectivity index (χ1n) is 10.4. The number of methoxy groups -OCH3 is 1. The molecule has 0 amide bonds. The molecule has 0 heterocycles. The van der Waals surface area contributed by atoms with Crippen molar-refractivity contribution in [3.05, 3.63) is 95.0 Å². The lowest BCUT2D eigenvalue weighted by Gasteiger charge is -2.09. The average molecular weight is 468 g/mol. The molecule has 0 unspecified atom stereocenters. The Morgan fingerprint density at radius 3 is 1.94 bits per heavy atom. The van der Waals surface area contributed by atoms with Gasteiger partial charge < -0.3 is 19.4 Å². The minimum atomic E-state index is -1.13. The number of halogens is 1. The van der Waals surface area contributed by atoms with Crippen LogP contribution in [0.4, 0.5) is 5.69 Å². The van der Waals surface area contributed by atoms with Crippen molar-refractivity contribution in [1.29, 1.82) is 0 Å². The molecule has 0 atom stereocenters. The number of ether oxygens (including phenoxy) is 2. The van der Waals surface area contributed by atoms with E-state index in [9.17, 15) is 14.7 Å². The van der Waals surface area contributed by atoms with Gasteiger partial charge in [0.25, 0.3) is 5.71 Å². The second-order valence-corrected chi connectivity index (χ2v) is 7.11. The van der Waals surface area contributed by atoms with E-state index in [-0.39, 0.29) is 11.5 Å². The number of hydrogen-bond donors (Lipinski definition) is 0. The highest BCUT2D eigenvalue weighted by Gasteiger charge is 2.27. The van der Waals surface area contributed by atoms with E-state index < -0.39 is 5.97 Å². The number of aromatic carboxylic acids is 1. The Morgan fingerprint density at radius 2 is 1.48 bits per heavy atom. The third kappa shape index (κ3) is 7.47. The summed E-state index contributed by atoms with van der Waals surface area (Å²) in [6, 6.07) is 22.8. The summed E-state index contributed by atoms with van der Waals surface area (Å²) in [6.07, 6.45) is 0. The molecule has 0 N–H and O–H groups in total. The number of hydrogen-bond acceptors (Lipinski definition) is 5. The van der Waals surface area contributed by atoms with Gasteiger partial charge in [0.15, 0.2) is 0 Å². The second kappa shape index (κ2) is 13.0. The lowest BCUT2D eigenvalue weighted by atomic mass is 10.1. The largest absolute Gasteiger partial charge is 0.545 e.